The average Bonchev–Trinajstić information content (AvgIpc) is 2.70. The topological polar surface area (TPSA) is 77.8 Å². The summed E-state index contributed by atoms with van der Waals surface area (Å²) < 4.78 is 13.6. The largest absolute Gasteiger partial charge is 0.507 e. The first-order chi connectivity index (χ1) is 8.93. The first kappa shape index (κ1) is 13.7. The van der Waals surface area contributed by atoms with Gasteiger partial charge in [0.1, 0.15) is 23.2 Å². The predicted octanol–water partition coefficient (Wildman–Crippen LogP) is 1.52. The number of rotatable bonds is 2. The van der Waals surface area contributed by atoms with E-state index in [4.69, 9.17) is 5.11 Å². The molecule has 1 aromatic rings. The summed E-state index contributed by atoms with van der Waals surface area (Å²) in [6.45, 7) is 1.67. The normalized spacial score (nSPS) is 22.5. The second-order valence-electron chi connectivity index (χ2n) is 4.13. The standard InChI is InChI=1S/C12H12FNO4S/c1-6-14(8(5-19-6)12(17)18)11(16)10-7(13)3-2-4-9(10)15/h2-4,6,8,15H,5H2,1H3,(H,17,18). The monoisotopic (exact) mass is 285 g/mol. The van der Waals surface area contributed by atoms with Gasteiger partial charge in [0.25, 0.3) is 5.91 Å². The zero-order valence-corrected chi connectivity index (χ0v) is 10.9. The fourth-order valence-corrected chi connectivity index (χ4v) is 3.16. The second kappa shape index (κ2) is 5.08. The van der Waals surface area contributed by atoms with Gasteiger partial charge in [0.15, 0.2) is 0 Å². The molecule has 7 heteroatoms. The first-order valence-corrected chi connectivity index (χ1v) is 6.63. The van der Waals surface area contributed by atoms with E-state index in [1.165, 1.54) is 23.9 Å². The lowest BCUT2D eigenvalue weighted by atomic mass is 10.1. The molecule has 0 saturated carbocycles. The van der Waals surface area contributed by atoms with Crippen molar-refractivity contribution < 1.29 is 24.2 Å². The van der Waals surface area contributed by atoms with Crippen LogP contribution in [-0.4, -0.2) is 44.2 Å². The number of benzene rings is 1. The fraction of sp³-hybridized carbons (Fsp3) is 0.333. The van der Waals surface area contributed by atoms with Crippen LogP contribution < -0.4 is 0 Å². The van der Waals surface area contributed by atoms with E-state index in [-0.39, 0.29) is 11.1 Å². The molecule has 102 valence electrons. The van der Waals surface area contributed by atoms with E-state index in [0.717, 1.165) is 11.0 Å². The maximum Gasteiger partial charge on any atom is 0.327 e. The van der Waals surface area contributed by atoms with Gasteiger partial charge in [0.2, 0.25) is 0 Å². The molecule has 0 bridgehead atoms. The molecule has 2 rings (SSSR count). The highest BCUT2D eigenvalue weighted by atomic mass is 32.2. The molecular formula is C12H12FNO4S. The second-order valence-corrected chi connectivity index (χ2v) is 5.48. The summed E-state index contributed by atoms with van der Waals surface area (Å²) in [6.07, 6.45) is 0. The number of hydrogen-bond donors (Lipinski definition) is 2. The summed E-state index contributed by atoms with van der Waals surface area (Å²) in [5, 5.41) is 18.3. The Morgan fingerprint density at radius 3 is 2.74 bits per heavy atom. The van der Waals surface area contributed by atoms with Gasteiger partial charge in [0, 0.05) is 5.75 Å². The number of phenolic OH excluding ortho intramolecular Hbond substituents is 1. The SMILES string of the molecule is CC1SCC(C(=O)O)N1C(=O)c1c(O)cccc1F. The van der Waals surface area contributed by atoms with Crippen molar-refractivity contribution in [3.05, 3.63) is 29.6 Å². The number of carbonyl (C=O) groups is 2. The Labute approximate surface area is 113 Å². The summed E-state index contributed by atoms with van der Waals surface area (Å²) in [5.74, 6) is -3.05. The Morgan fingerprint density at radius 2 is 2.16 bits per heavy atom. The van der Waals surface area contributed by atoms with Gasteiger partial charge in [0.05, 0.1) is 5.37 Å². The number of carboxylic acid groups (broad SMARTS) is 1. The van der Waals surface area contributed by atoms with Crippen molar-refractivity contribution in [1.29, 1.82) is 0 Å². The third kappa shape index (κ3) is 2.37. The molecular weight excluding hydrogens is 273 g/mol. The summed E-state index contributed by atoms with van der Waals surface area (Å²) in [5.41, 5.74) is -0.483. The van der Waals surface area contributed by atoms with Gasteiger partial charge in [-0.1, -0.05) is 6.07 Å². The van der Waals surface area contributed by atoms with Crippen LogP contribution in [0.25, 0.3) is 0 Å². The molecule has 2 atom stereocenters. The zero-order chi connectivity index (χ0) is 14.2. The third-order valence-electron chi connectivity index (χ3n) is 2.95. The van der Waals surface area contributed by atoms with E-state index in [9.17, 15) is 19.1 Å². The van der Waals surface area contributed by atoms with Crippen LogP contribution >= 0.6 is 11.8 Å². The Morgan fingerprint density at radius 1 is 1.47 bits per heavy atom. The molecule has 2 N–H and O–H groups in total. The number of carboxylic acids is 1. The van der Waals surface area contributed by atoms with Gasteiger partial charge in [-0.25, -0.2) is 9.18 Å². The molecule has 1 amide bonds. The van der Waals surface area contributed by atoms with Crippen molar-refractivity contribution >= 4 is 23.6 Å². The number of thioether (sulfide) groups is 1. The minimum absolute atomic E-state index is 0.247. The number of aromatic hydroxyl groups is 1. The molecule has 1 fully saturated rings. The molecule has 1 aromatic carbocycles. The number of halogens is 1. The minimum atomic E-state index is -1.14. The lowest BCUT2D eigenvalue weighted by molar-refractivity contribution is -0.141. The van der Waals surface area contributed by atoms with Gasteiger partial charge < -0.3 is 15.1 Å². The van der Waals surface area contributed by atoms with E-state index in [1.54, 1.807) is 6.92 Å². The Hall–Kier alpha value is -1.76. The van der Waals surface area contributed by atoms with E-state index >= 15 is 0 Å². The van der Waals surface area contributed by atoms with Crippen LogP contribution in [0.1, 0.15) is 17.3 Å². The highest BCUT2D eigenvalue weighted by Gasteiger charge is 2.41. The summed E-state index contributed by atoms with van der Waals surface area (Å²) in [6, 6.07) is 2.51. The Kier molecular flexibility index (Phi) is 3.66. The average molecular weight is 285 g/mol. The van der Waals surface area contributed by atoms with Crippen molar-refractivity contribution in [3.63, 3.8) is 0 Å². The van der Waals surface area contributed by atoms with Crippen molar-refractivity contribution in [2.24, 2.45) is 0 Å². The van der Waals surface area contributed by atoms with Crippen molar-refractivity contribution in [3.8, 4) is 5.75 Å². The Bertz CT molecular complexity index is 516. The highest BCUT2D eigenvalue weighted by Crippen LogP contribution is 2.32. The van der Waals surface area contributed by atoms with Crippen LogP contribution in [0.15, 0.2) is 18.2 Å². The zero-order valence-electron chi connectivity index (χ0n) is 10.0. The molecule has 2 unspecified atom stereocenters. The molecule has 0 aliphatic carbocycles. The fourth-order valence-electron chi connectivity index (χ4n) is 1.99. The van der Waals surface area contributed by atoms with Crippen LogP contribution in [-0.2, 0) is 4.79 Å². The third-order valence-corrected chi connectivity index (χ3v) is 4.17. The number of phenols is 1. The smallest absolute Gasteiger partial charge is 0.327 e. The number of amides is 1. The predicted molar refractivity (Wildman–Crippen MR) is 67.6 cm³/mol. The molecule has 5 nitrogen and oxygen atoms in total. The lowest BCUT2D eigenvalue weighted by Crippen LogP contribution is -2.45. The summed E-state index contributed by atoms with van der Waals surface area (Å²) in [4.78, 5) is 24.5. The molecule has 0 spiro atoms. The van der Waals surface area contributed by atoms with E-state index in [1.807, 2.05) is 0 Å². The summed E-state index contributed by atoms with van der Waals surface area (Å²) in [7, 11) is 0. The number of nitrogens with zero attached hydrogens (tertiary/aromatic N) is 1. The van der Waals surface area contributed by atoms with Gasteiger partial charge in [-0.3, -0.25) is 4.79 Å². The molecule has 0 radical (unpaired) electrons. The van der Waals surface area contributed by atoms with Crippen LogP contribution in [0, 0.1) is 5.82 Å². The summed E-state index contributed by atoms with van der Waals surface area (Å²) >= 11 is 1.30. The van der Waals surface area contributed by atoms with Crippen LogP contribution in [0.5, 0.6) is 5.75 Å². The number of hydrogen-bond acceptors (Lipinski definition) is 4. The molecule has 1 saturated heterocycles. The maximum absolute atomic E-state index is 13.6. The van der Waals surface area contributed by atoms with Crippen LogP contribution in [0.2, 0.25) is 0 Å². The van der Waals surface area contributed by atoms with Gasteiger partial charge in [-0.15, -0.1) is 11.8 Å². The lowest BCUT2D eigenvalue weighted by Gasteiger charge is -2.25. The van der Waals surface area contributed by atoms with Crippen LogP contribution in [0.3, 0.4) is 0 Å². The van der Waals surface area contributed by atoms with Gasteiger partial charge in [-0.2, -0.15) is 0 Å². The molecule has 1 aliphatic rings. The van der Waals surface area contributed by atoms with Crippen molar-refractivity contribution in [2.45, 2.75) is 18.3 Å². The van der Waals surface area contributed by atoms with E-state index < -0.39 is 35.0 Å². The molecule has 0 aromatic heterocycles. The Balaban J connectivity index is 2.40. The number of carbonyl (C=O) groups excluding carboxylic acids is 1. The van der Waals surface area contributed by atoms with Gasteiger partial charge >= 0.3 is 5.97 Å². The minimum Gasteiger partial charge on any atom is -0.507 e. The van der Waals surface area contributed by atoms with Crippen molar-refractivity contribution in [1.82, 2.24) is 4.90 Å². The number of aliphatic carboxylic acids is 1. The van der Waals surface area contributed by atoms with Crippen molar-refractivity contribution in [2.75, 3.05) is 5.75 Å². The maximum atomic E-state index is 13.6. The molecule has 1 heterocycles. The van der Waals surface area contributed by atoms with Crippen LogP contribution in [0.4, 0.5) is 4.39 Å². The van der Waals surface area contributed by atoms with E-state index in [0.29, 0.717) is 0 Å². The van der Waals surface area contributed by atoms with Gasteiger partial charge in [-0.05, 0) is 19.1 Å². The quantitative estimate of drug-likeness (QED) is 0.861. The molecule has 1 aliphatic heterocycles. The molecule has 19 heavy (non-hydrogen) atoms. The first-order valence-electron chi connectivity index (χ1n) is 5.58. The highest BCUT2D eigenvalue weighted by molar-refractivity contribution is 8.00. The van der Waals surface area contributed by atoms with E-state index in [2.05, 4.69) is 0 Å².